The van der Waals surface area contributed by atoms with Crippen molar-refractivity contribution in [1.29, 1.82) is 0 Å². The Morgan fingerprint density at radius 1 is 1.46 bits per heavy atom. The molecule has 1 aliphatic carbocycles. The minimum Gasteiger partial charge on any atom is -0.467 e. The lowest BCUT2D eigenvalue weighted by Gasteiger charge is -2.03. The first-order valence-electron chi connectivity index (χ1n) is 4.48. The van der Waals surface area contributed by atoms with E-state index in [1.807, 2.05) is 0 Å². The second-order valence-corrected chi connectivity index (χ2v) is 3.28. The van der Waals surface area contributed by atoms with E-state index in [1.165, 1.54) is 12.8 Å². The lowest BCUT2D eigenvalue weighted by Crippen LogP contribution is -2.04. The van der Waals surface area contributed by atoms with Gasteiger partial charge in [0.05, 0.1) is 25.2 Å². The molecule has 0 amide bonds. The molecule has 70 valence electrons. The summed E-state index contributed by atoms with van der Waals surface area (Å²) < 4.78 is 4.86. The zero-order valence-electron chi connectivity index (χ0n) is 7.66. The van der Waals surface area contributed by atoms with Crippen molar-refractivity contribution in [3.8, 4) is 6.01 Å². The fourth-order valence-corrected chi connectivity index (χ4v) is 1.10. The molecule has 1 aromatic rings. The fraction of sp³-hybridized carbons (Fsp3) is 0.556. The molecule has 0 saturated heterocycles. The van der Waals surface area contributed by atoms with Crippen molar-refractivity contribution in [2.24, 2.45) is 5.92 Å². The first kappa shape index (κ1) is 8.29. The minimum atomic E-state index is 0.414. The third-order valence-corrected chi connectivity index (χ3v) is 2.10. The first-order chi connectivity index (χ1) is 6.38. The summed E-state index contributed by atoms with van der Waals surface area (Å²) in [5.74, 6) is 0.863. The molecule has 0 aliphatic heterocycles. The van der Waals surface area contributed by atoms with Crippen molar-refractivity contribution >= 4 is 5.69 Å². The standard InChI is InChI=1S/C9H13N3O/c1-13-9-11-5-8(6-12-9)10-4-7-2-3-7/h5-7,10H,2-4H2,1H3. The Morgan fingerprint density at radius 2 is 2.15 bits per heavy atom. The Bertz CT molecular complexity index is 269. The molecule has 0 unspecified atom stereocenters. The van der Waals surface area contributed by atoms with Crippen LogP contribution in [0.3, 0.4) is 0 Å². The maximum absolute atomic E-state index is 4.86. The average Bonchev–Trinajstić information content (AvgIpc) is 2.99. The molecule has 4 heteroatoms. The van der Waals surface area contributed by atoms with Crippen LogP contribution in [0.1, 0.15) is 12.8 Å². The van der Waals surface area contributed by atoms with Gasteiger partial charge < -0.3 is 10.1 Å². The number of hydrogen-bond donors (Lipinski definition) is 1. The Labute approximate surface area is 77.4 Å². The third-order valence-electron chi connectivity index (χ3n) is 2.10. The average molecular weight is 179 g/mol. The van der Waals surface area contributed by atoms with Crippen LogP contribution < -0.4 is 10.1 Å². The zero-order valence-corrected chi connectivity index (χ0v) is 7.66. The monoisotopic (exact) mass is 179 g/mol. The zero-order chi connectivity index (χ0) is 9.10. The van der Waals surface area contributed by atoms with E-state index in [-0.39, 0.29) is 0 Å². The van der Waals surface area contributed by atoms with E-state index in [0.717, 1.165) is 18.2 Å². The Balaban J connectivity index is 1.88. The highest BCUT2D eigenvalue weighted by atomic mass is 16.5. The fourth-order valence-electron chi connectivity index (χ4n) is 1.10. The van der Waals surface area contributed by atoms with E-state index in [9.17, 15) is 0 Å². The van der Waals surface area contributed by atoms with Crippen LogP contribution in [0.2, 0.25) is 0 Å². The van der Waals surface area contributed by atoms with Gasteiger partial charge in [-0.3, -0.25) is 0 Å². The van der Waals surface area contributed by atoms with E-state index in [1.54, 1.807) is 19.5 Å². The van der Waals surface area contributed by atoms with Crippen molar-refractivity contribution in [2.45, 2.75) is 12.8 Å². The molecule has 0 radical (unpaired) electrons. The van der Waals surface area contributed by atoms with Crippen molar-refractivity contribution in [3.05, 3.63) is 12.4 Å². The predicted octanol–water partition coefficient (Wildman–Crippen LogP) is 1.31. The second-order valence-electron chi connectivity index (χ2n) is 3.28. The van der Waals surface area contributed by atoms with Crippen LogP contribution in [-0.2, 0) is 0 Å². The van der Waals surface area contributed by atoms with Gasteiger partial charge in [-0.2, -0.15) is 0 Å². The van der Waals surface area contributed by atoms with E-state index < -0.39 is 0 Å². The van der Waals surface area contributed by atoms with Gasteiger partial charge in [0, 0.05) is 6.54 Å². The number of aromatic nitrogens is 2. The topological polar surface area (TPSA) is 47.0 Å². The van der Waals surface area contributed by atoms with E-state index in [2.05, 4.69) is 15.3 Å². The van der Waals surface area contributed by atoms with E-state index in [0.29, 0.717) is 6.01 Å². The molecule has 1 aromatic heterocycles. The van der Waals surface area contributed by atoms with Gasteiger partial charge in [-0.1, -0.05) is 0 Å². The number of methoxy groups -OCH3 is 1. The maximum Gasteiger partial charge on any atom is 0.316 e. The molecule has 0 bridgehead atoms. The lowest BCUT2D eigenvalue weighted by molar-refractivity contribution is 0.380. The molecule has 0 atom stereocenters. The molecule has 13 heavy (non-hydrogen) atoms. The third kappa shape index (κ3) is 2.31. The van der Waals surface area contributed by atoms with Crippen LogP contribution >= 0.6 is 0 Å². The quantitative estimate of drug-likeness (QED) is 0.757. The molecule has 1 saturated carbocycles. The summed E-state index contributed by atoms with van der Waals surface area (Å²) >= 11 is 0. The molecule has 1 heterocycles. The predicted molar refractivity (Wildman–Crippen MR) is 49.8 cm³/mol. The first-order valence-corrected chi connectivity index (χ1v) is 4.48. The highest BCUT2D eigenvalue weighted by molar-refractivity contribution is 5.38. The largest absolute Gasteiger partial charge is 0.467 e. The van der Waals surface area contributed by atoms with Crippen LogP contribution in [0.5, 0.6) is 6.01 Å². The number of nitrogens with one attached hydrogen (secondary N) is 1. The number of hydrogen-bond acceptors (Lipinski definition) is 4. The molecule has 1 N–H and O–H groups in total. The summed E-state index contributed by atoms with van der Waals surface area (Å²) in [6, 6.07) is 0.414. The van der Waals surface area contributed by atoms with Crippen LogP contribution in [0.4, 0.5) is 5.69 Å². The Morgan fingerprint density at radius 3 is 2.69 bits per heavy atom. The van der Waals surface area contributed by atoms with Gasteiger partial charge in [0.15, 0.2) is 0 Å². The molecular formula is C9H13N3O. The van der Waals surface area contributed by atoms with Crippen molar-refractivity contribution in [2.75, 3.05) is 19.0 Å². The summed E-state index contributed by atoms with van der Waals surface area (Å²) in [6.45, 7) is 1.04. The molecule has 1 aliphatic rings. The van der Waals surface area contributed by atoms with E-state index in [4.69, 9.17) is 4.74 Å². The van der Waals surface area contributed by atoms with Gasteiger partial charge in [0.25, 0.3) is 0 Å². The Kier molecular flexibility index (Phi) is 2.29. The molecular weight excluding hydrogens is 166 g/mol. The minimum absolute atomic E-state index is 0.414. The van der Waals surface area contributed by atoms with Crippen LogP contribution in [0.25, 0.3) is 0 Å². The van der Waals surface area contributed by atoms with Gasteiger partial charge in [-0.05, 0) is 18.8 Å². The van der Waals surface area contributed by atoms with Gasteiger partial charge in [0.1, 0.15) is 0 Å². The van der Waals surface area contributed by atoms with Crippen LogP contribution in [0.15, 0.2) is 12.4 Å². The smallest absolute Gasteiger partial charge is 0.316 e. The highest BCUT2D eigenvalue weighted by Crippen LogP contribution is 2.28. The maximum atomic E-state index is 4.86. The molecule has 1 fully saturated rings. The van der Waals surface area contributed by atoms with Crippen molar-refractivity contribution < 1.29 is 4.74 Å². The van der Waals surface area contributed by atoms with Crippen LogP contribution in [-0.4, -0.2) is 23.6 Å². The summed E-state index contributed by atoms with van der Waals surface area (Å²) in [5, 5.41) is 3.28. The van der Waals surface area contributed by atoms with E-state index >= 15 is 0 Å². The molecule has 0 spiro atoms. The second kappa shape index (κ2) is 3.60. The number of anilines is 1. The van der Waals surface area contributed by atoms with Gasteiger partial charge in [0.2, 0.25) is 0 Å². The van der Waals surface area contributed by atoms with Gasteiger partial charge in [-0.15, -0.1) is 0 Å². The van der Waals surface area contributed by atoms with Gasteiger partial charge in [-0.25, -0.2) is 9.97 Å². The summed E-state index contributed by atoms with van der Waals surface area (Å²) in [7, 11) is 1.56. The number of ether oxygens (including phenoxy) is 1. The summed E-state index contributed by atoms with van der Waals surface area (Å²) in [4.78, 5) is 8.00. The number of nitrogens with zero attached hydrogens (tertiary/aromatic N) is 2. The van der Waals surface area contributed by atoms with Gasteiger partial charge >= 0.3 is 6.01 Å². The molecule has 2 rings (SSSR count). The highest BCUT2D eigenvalue weighted by Gasteiger charge is 2.20. The molecule has 4 nitrogen and oxygen atoms in total. The van der Waals surface area contributed by atoms with Crippen LogP contribution in [0, 0.1) is 5.92 Å². The van der Waals surface area contributed by atoms with Crippen molar-refractivity contribution in [3.63, 3.8) is 0 Å². The summed E-state index contributed by atoms with van der Waals surface area (Å²) in [6.07, 6.45) is 6.19. The number of rotatable bonds is 4. The lowest BCUT2D eigenvalue weighted by atomic mass is 10.4. The molecule has 0 aromatic carbocycles. The normalized spacial score (nSPS) is 15.5. The summed E-state index contributed by atoms with van der Waals surface area (Å²) in [5.41, 5.74) is 0.965. The van der Waals surface area contributed by atoms with Crippen molar-refractivity contribution in [1.82, 2.24) is 9.97 Å². The SMILES string of the molecule is COc1ncc(NCC2CC2)cn1. The Hall–Kier alpha value is -1.32.